The summed E-state index contributed by atoms with van der Waals surface area (Å²) >= 11 is 0. The van der Waals surface area contributed by atoms with Crippen molar-refractivity contribution in [1.29, 1.82) is 0 Å². The Morgan fingerprint density at radius 1 is 1.22 bits per heavy atom. The number of hydrogen-bond acceptors (Lipinski definition) is 6. The van der Waals surface area contributed by atoms with Crippen LogP contribution in [0.2, 0.25) is 0 Å². The maximum atomic E-state index is 12.7. The van der Waals surface area contributed by atoms with E-state index >= 15 is 0 Å². The molecule has 1 aromatic carbocycles. The van der Waals surface area contributed by atoms with Crippen LogP contribution in [-0.4, -0.2) is 76.5 Å². The van der Waals surface area contributed by atoms with Gasteiger partial charge in [0, 0.05) is 39.8 Å². The standard InChI is InChI=1S/C28H39N7O2/c1-7-9-20(16-25(36)34(3)4)12-14-23-11-8-10-21-17-22(26(37)35(5)6)13-15-24(21)28(23,18-19(2)29)27-30-32-33-31-27/h9,11-15,17,19H,7-8,10,16,18,29H2,1-6H3,(H,30,31,32,33)/b14-12-,20-9+/t19-,28?/m1/s1. The van der Waals surface area contributed by atoms with E-state index in [1.54, 1.807) is 38.0 Å². The molecule has 2 atom stereocenters. The molecular formula is C28H39N7O2. The zero-order valence-electron chi connectivity index (χ0n) is 22.8. The van der Waals surface area contributed by atoms with Gasteiger partial charge in [-0.2, -0.15) is 5.21 Å². The molecule has 9 nitrogen and oxygen atoms in total. The van der Waals surface area contributed by atoms with Crippen LogP contribution >= 0.6 is 0 Å². The second-order valence-corrected chi connectivity index (χ2v) is 10.1. The quantitative estimate of drug-likeness (QED) is 0.505. The average Bonchev–Trinajstić information content (AvgIpc) is 3.34. The molecule has 0 fully saturated rings. The molecule has 1 aliphatic rings. The van der Waals surface area contributed by atoms with E-state index in [0.717, 1.165) is 41.5 Å². The molecule has 0 spiro atoms. The maximum absolute atomic E-state index is 12.7. The van der Waals surface area contributed by atoms with Crippen molar-refractivity contribution in [2.45, 2.75) is 57.4 Å². The minimum Gasteiger partial charge on any atom is -0.349 e. The number of rotatable bonds is 9. The van der Waals surface area contributed by atoms with Crippen molar-refractivity contribution in [3.63, 3.8) is 0 Å². The summed E-state index contributed by atoms with van der Waals surface area (Å²) in [5.41, 5.74) is 10.3. The van der Waals surface area contributed by atoms with Gasteiger partial charge in [-0.1, -0.05) is 42.5 Å². The van der Waals surface area contributed by atoms with Gasteiger partial charge in [-0.15, -0.1) is 10.2 Å². The number of aromatic nitrogens is 4. The predicted octanol–water partition coefficient (Wildman–Crippen LogP) is 3.17. The highest BCUT2D eigenvalue weighted by Crippen LogP contribution is 2.45. The third-order valence-electron chi connectivity index (χ3n) is 6.64. The molecule has 37 heavy (non-hydrogen) atoms. The van der Waals surface area contributed by atoms with E-state index in [4.69, 9.17) is 5.73 Å². The van der Waals surface area contributed by atoms with Gasteiger partial charge in [0.15, 0.2) is 5.82 Å². The fraction of sp³-hybridized carbons (Fsp3) is 0.464. The molecule has 3 rings (SSSR count). The molecule has 2 aromatic rings. The number of nitrogens with one attached hydrogen (secondary N) is 1. The van der Waals surface area contributed by atoms with E-state index in [-0.39, 0.29) is 17.9 Å². The number of fused-ring (bicyclic) bond motifs is 1. The molecule has 2 amide bonds. The van der Waals surface area contributed by atoms with Gasteiger partial charge >= 0.3 is 0 Å². The zero-order chi connectivity index (χ0) is 27.2. The monoisotopic (exact) mass is 505 g/mol. The molecule has 9 heteroatoms. The molecule has 0 bridgehead atoms. The molecule has 198 valence electrons. The number of carbonyl (C=O) groups is 2. The predicted molar refractivity (Wildman–Crippen MR) is 145 cm³/mol. The first-order chi connectivity index (χ1) is 17.6. The number of benzene rings is 1. The normalized spacial score (nSPS) is 18.7. The van der Waals surface area contributed by atoms with Gasteiger partial charge in [-0.25, -0.2) is 0 Å². The van der Waals surface area contributed by atoms with Gasteiger partial charge in [-0.3, -0.25) is 9.59 Å². The molecule has 1 heterocycles. The largest absolute Gasteiger partial charge is 0.349 e. The van der Waals surface area contributed by atoms with Gasteiger partial charge in [-0.05, 0) is 67.0 Å². The molecular weight excluding hydrogens is 466 g/mol. The highest BCUT2D eigenvalue weighted by atomic mass is 16.2. The van der Waals surface area contributed by atoms with E-state index in [9.17, 15) is 9.59 Å². The Labute approximate surface area is 219 Å². The summed E-state index contributed by atoms with van der Waals surface area (Å²) < 4.78 is 0. The van der Waals surface area contributed by atoms with E-state index in [0.29, 0.717) is 24.2 Å². The summed E-state index contributed by atoms with van der Waals surface area (Å²) in [6.45, 7) is 4.03. The first kappa shape index (κ1) is 28.0. The SMILES string of the molecule is CC/C=C(\C=C/C1=CCCc2cc(C(=O)N(C)C)ccc2C1(C[C@@H](C)N)c1nn[nH]n1)CC(=O)N(C)C. The van der Waals surface area contributed by atoms with Gasteiger partial charge in [0.2, 0.25) is 5.91 Å². The van der Waals surface area contributed by atoms with Gasteiger partial charge in [0.25, 0.3) is 5.91 Å². The molecule has 0 saturated carbocycles. The Morgan fingerprint density at radius 2 is 1.97 bits per heavy atom. The lowest BCUT2D eigenvalue weighted by Crippen LogP contribution is -2.38. The molecule has 0 aliphatic heterocycles. The summed E-state index contributed by atoms with van der Waals surface area (Å²) in [6.07, 6.45) is 11.6. The average molecular weight is 506 g/mol. The fourth-order valence-electron chi connectivity index (χ4n) is 4.92. The summed E-state index contributed by atoms with van der Waals surface area (Å²) in [4.78, 5) is 28.4. The van der Waals surface area contributed by atoms with Crippen LogP contribution in [0.25, 0.3) is 0 Å². The van der Waals surface area contributed by atoms with Crippen LogP contribution in [-0.2, 0) is 16.6 Å². The van der Waals surface area contributed by atoms with E-state index < -0.39 is 5.41 Å². The number of carbonyl (C=O) groups excluding carboxylic acids is 2. The summed E-state index contributed by atoms with van der Waals surface area (Å²) in [6, 6.07) is 5.68. The first-order valence-corrected chi connectivity index (χ1v) is 12.7. The van der Waals surface area contributed by atoms with Crippen LogP contribution in [0.3, 0.4) is 0 Å². The van der Waals surface area contributed by atoms with Crippen molar-refractivity contribution in [2.24, 2.45) is 5.73 Å². The number of aromatic amines is 1. The van der Waals surface area contributed by atoms with Crippen molar-refractivity contribution in [3.05, 3.63) is 76.2 Å². The van der Waals surface area contributed by atoms with Crippen LogP contribution in [0.15, 0.2) is 53.6 Å². The number of nitrogens with zero attached hydrogens (tertiary/aromatic N) is 5. The zero-order valence-corrected chi connectivity index (χ0v) is 22.8. The number of H-pyrrole nitrogens is 1. The summed E-state index contributed by atoms with van der Waals surface area (Å²) in [5.74, 6) is 0.529. The van der Waals surface area contributed by atoms with Crippen molar-refractivity contribution >= 4 is 11.8 Å². The second-order valence-electron chi connectivity index (χ2n) is 10.1. The highest BCUT2D eigenvalue weighted by molar-refractivity contribution is 5.94. The van der Waals surface area contributed by atoms with Crippen LogP contribution in [0, 0.1) is 0 Å². The smallest absolute Gasteiger partial charge is 0.253 e. The van der Waals surface area contributed by atoms with E-state index in [1.807, 2.05) is 31.2 Å². The fourth-order valence-corrected chi connectivity index (χ4v) is 4.92. The van der Waals surface area contributed by atoms with Gasteiger partial charge in [0.05, 0.1) is 11.8 Å². The van der Waals surface area contributed by atoms with Crippen molar-refractivity contribution in [2.75, 3.05) is 28.2 Å². The van der Waals surface area contributed by atoms with Crippen molar-refractivity contribution in [3.8, 4) is 0 Å². The first-order valence-electron chi connectivity index (χ1n) is 12.7. The topological polar surface area (TPSA) is 121 Å². The lowest BCUT2D eigenvalue weighted by Gasteiger charge is -2.35. The van der Waals surface area contributed by atoms with Crippen LogP contribution < -0.4 is 5.73 Å². The lowest BCUT2D eigenvalue weighted by molar-refractivity contribution is -0.127. The third kappa shape index (κ3) is 6.22. The Kier molecular flexibility index (Phi) is 9.15. The molecule has 0 radical (unpaired) electrons. The second kappa shape index (κ2) is 12.1. The van der Waals surface area contributed by atoms with E-state index in [1.165, 1.54) is 0 Å². The summed E-state index contributed by atoms with van der Waals surface area (Å²) in [7, 11) is 7.03. The van der Waals surface area contributed by atoms with Gasteiger partial charge < -0.3 is 15.5 Å². The van der Waals surface area contributed by atoms with Gasteiger partial charge in [0.1, 0.15) is 0 Å². The number of aryl methyl sites for hydroxylation is 1. The number of nitrogens with two attached hydrogens (primary N) is 1. The van der Waals surface area contributed by atoms with Crippen molar-refractivity contribution in [1.82, 2.24) is 30.4 Å². The molecule has 1 unspecified atom stereocenters. The Morgan fingerprint density at radius 3 is 2.57 bits per heavy atom. The lowest BCUT2D eigenvalue weighted by atomic mass is 9.68. The number of tetrazole rings is 1. The molecule has 0 saturated heterocycles. The highest BCUT2D eigenvalue weighted by Gasteiger charge is 2.44. The van der Waals surface area contributed by atoms with Crippen LogP contribution in [0.1, 0.15) is 66.8 Å². The Balaban J connectivity index is 2.19. The molecule has 3 N–H and O–H groups in total. The van der Waals surface area contributed by atoms with Crippen molar-refractivity contribution < 1.29 is 9.59 Å². The summed E-state index contributed by atoms with van der Waals surface area (Å²) in [5, 5.41) is 15.4. The number of allylic oxidation sites excluding steroid dienone is 5. The third-order valence-corrected chi connectivity index (χ3v) is 6.64. The number of amides is 2. The Bertz CT molecular complexity index is 1190. The van der Waals surface area contributed by atoms with E-state index in [2.05, 4.69) is 45.8 Å². The maximum Gasteiger partial charge on any atom is 0.253 e. The molecule has 1 aromatic heterocycles. The Hall–Kier alpha value is -3.59. The minimum absolute atomic E-state index is 0.0441. The minimum atomic E-state index is -0.772. The molecule has 1 aliphatic carbocycles. The van der Waals surface area contributed by atoms with Crippen LogP contribution in [0.5, 0.6) is 0 Å². The number of hydrogen-bond donors (Lipinski definition) is 2. The van der Waals surface area contributed by atoms with Crippen LogP contribution in [0.4, 0.5) is 0 Å².